The summed E-state index contributed by atoms with van der Waals surface area (Å²) in [6.07, 6.45) is -1.76. The zero-order valence-corrected chi connectivity index (χ0v) is 11.5. The molecule has 1 saturated heterocycles. The van der Waals surface area contributed by atoms with Gasteiger partial charge in [-0.15, -0.1) is 0 Å². The minimum absolute atomic E-state index is 0.134. The van der Waals surface area contributed by atoms with Gasteiger partial charge in [-0.05, 0) is 19.3 Å². The normalized spacial score (nSPS) is 22.9. The Morgan fingerprint density at radius 2 is 2.15 bits per heavy atom. The molecule has 2 amide bonds. The summed E-state index contributed by atoms with van der Waals surface area (Å²) in [4.78, 5) is 24.1. The molecule has 0 radical (unpaired) electrons. The molecule has 0 aliphatic carbocycles. The predicted molar refractivity (Wildman–Crippen MR) is 68.3 cm³/mol. The summed E-state index contributed by atoms with van der Waals surface area (Å²) in [6, 6.07) is -0.896. The van der Waals surface area contributed by atoms with E-state index in [1.165, 1.54) is 4.90 Å². The number of likely N-dealkylation sites (tertiary alicyclic amines) is 1. The molecule has 0 spiro atoms. The van der Waals surface area contributed by atoms with Crippen LogP contribution in [0.15, 0.2) is 0 Å². The number of esters is 1. The Bertz CT molecular complexity index is 342. The molecule has 2 unspecified atom stereocenters. The van der Waals surface area contributed by atoms with Crippen molar-refractivity contribution in [3.63, 3.8) is 0 Å². The number of alkyl halides is 2. The molecule has 0 aromatic rings. The Kier molecular flexibility index (Phi) is 6.63. The van der Waals surface area contributed by atoms with Crippen molar-refractivity contribution in [2.24, 2.45) is 11.7 Å². The molecule has 2 atom stereocenters. The van der Waals surface area contributed by atoms with Gasteiger partial charge in [-0.3, -0.25) is 4.79 Å². The van der Waals surface area contributed by atoms with E-state index in [0.29, 0.717) is 13.0 Å². The second kappa shape index (κ2) is 7.98. The van der Waals surface area contributed by atoms with Gasteiger partial charge in [0.25, 0.3) is 6.43 Å². The first kappa shape index (κ1) is 16.6. The van der Waals surface area contributed by atoms with Crippen molar-refractivity contribution in [1.29, 1.82) is 0 Å². The number of rotatable bonds is 6. The summed E-state index contributed by atoms with van der Waals surface area (Å²) in [5.41, 5.74) is 5.23. The second-order valence-corrected chi connectivity index (χ2v) is 4.85. The molecule has 3 N–H and O–H groups in total. The number of hydrogen-bond donors (Lipinski definition) is 2. The van der Waals surface area contributed by atoms with E-state index in [-0.39, 0.29) is 37.5 Å². The number of piperidine rings is 1. The molecule has 8 heteroatoms. The van der Waals surface area contributed by atoms with Gasteiger partial charge in [-0.1, -0.05) is 0 Å². The van der Waals surface area contributed by atoms with Crippen molar-refractivity contribution < 1.29 is 23.1 Å². The van der Waals surface area contributed by atoms with E-state index in [9.17, 15) is 18.4 Å². The molecule has 1 rings (SSSR count). The number of nitrogens with one attached hydrogen (secondary N) is 1. The van der Waals surface area contributed by atoms with E-state index in [0.717, 1.165) is 0 Å². The number of primary amides is 1. The first-order valence-corrected chi connectivity index (χ1v) is 6.63. The molecule has 0 aromatic carbocycles. The summed E-state index contributed by atoms with van der Waals surface area (Å²) < 4.78 is 29.3. The third kappa shape index (κ3) is 5.68. The molecular weight excluding hydrogens is 272 g/mol. The number of ether oxygens (including phenoxy) is 1. The van der Waals surface area contributed by atoms with Crippen LogP contribution in [0.3, 0.4) is 0 Å². The molecule has 6 nitrogen and oxygen atoms in total. The summed E-state index contributed by atoms with van der Waals surface area (Å²) in [6.45, 7) is 2.19. The average Bonchev–Trinajstić information content (AvgIpc) is 2.36. The third-order valence-electron chi connectivity index (χ3n) is 3.17. The highest BCUT2D eigenvalue weighted by molar-refractivity contribution is 5.73. The zero-order valence-electron chi connectivity index (χ0n) is 11.5. The van der Waals surface area contributed by atoms with E-state index in [4.69, 9.17) is 10.5 Å². The monoisotopic (exact) mass is 293 g/mol. The summed E-state index contributed by atoms with van der Waals surface area (Å²) >= 11 is 0. The fraction of sp³-hybridized carbons (Fsp3) is 0.833. The average molecular weight is 293 g/mol. The Balaban J connectivity index is 2.56. The minimum atomic E-state index is -2.46. The molecule has 1 fully saturated rings. The lowest BCUT2D eigenvalue weighted by Gasteiger charge is -2.37. The van der Waals surface area contributed by atoms with Gasteiger partial charge >= 0.3 is 12.0 Å². The standard InChI is InChI=1S/C12H21F2N3O3/c1-2-20-11(18)4-8-3-9(16-5-10(13)14)7-17(6-8)12(15)19/h8-10,16H,2-7H2,1H3,(H2,15,19). The maximum atomic E-state index is 12.2. The number of amides is 2. The molecule has 1 aliphatic heterocycles. The van der Waals surface area contributed by atoms with Crippen LogP contribution in [0.25, 0.3) is 0 Å². The highest BCUT2D eigenvalue weighted by Gasteiger charge is 2.30. The minimum Gasteiger partial charge on any atom is -0.466 e. The van der Waals surface area contributed by atoms with Gasteiger partial charge in [0.2, 0.25) is 0 Å². The van der Waals surface area contributed by atoms with Crippen LogP contribution in [0.1, 0.15) is 19.8 Å². The van der Waals surface area contributed by atoms with Crippen molar-refractivity contribution in [3.8, 4) is 0 Å². The Hall–Kier alpha value is -1.44. The molecule has 1 aliphatic rings. The largest absolute Gasteiger partial charge is 0.466 e. The fourth-order valence-corrected chi connectivity index (χ4v) is 2.39. The first-order chi connectivity index (χ1) is 9.42. The van der Waals surface area contributed by atoms with Crippen LogP contribution in [0.4, 0.5) is 13.6 Å². The summed E-state index contributed by atoms with van der Waals surface area (Å²) in [7, 11) is 0. The summed E-state index contributed by atoms with van der Waals surface area (Å²) in [5, 5.41) is 2.69. The van der Waals surface area contributed by atoms with Crippen LogP contribution in [-0.4, -0.2) is 55.6 Å². The van der Waals surface area contributed by atoms with Crippen LogP contribution >= 0.6 is 0 Å². The Labute approximate surface area is 116 Å². The number of halogens is 2. The molecule has 0 bridgehead atoms. The smallest absolute Gasteiger partial charge is 0.314 e. The van der Waals surface area contributed by atoms with Gasteiger partial charge in [-0.2, -0.15) is 0 Å². The highest BCUT2D eigenvalue weighted by Crippen LogP contribution is 2.20. The zero-order chi connectivity index (χ0) is 15.1. The maximum Gasteiger partial charge on any atom is 0.314 e. The SMILES string of the molecule is CCOC(=O)CC1CC(NCC(F)F)CN(C(N)=O)C1. The maximum absolute atomic E-state index is 12.2. The molecule has 116 valence electrons. The van der Waals surface area contributed by atoms with Crippen molar-refractivity contribution in [2.75, 3.05) is 26.2 Å². The highest BCUT2D eigenvalue weighted by atomic mass is 19.3. The van der Waals surface area contributed by atoms with E-state index < -0.39 is 19.0 Å². The van der Waals surface area contributed by atoms with Gasteiger partial charge in [0, 0.05) is 19.1 Å². The summed E-state index contributed by atoms with van der Waals surface area (Å²) in [5.74, 6) is -0.484. The Morgan fingerprint density at radius 1 is 1.45 bits per heavy atom. The predicted octanol–water partition coefficient (Wildman–Crippen LogP) is 0.564. The number of nitrogens with zero attached hydrogens (tertiary/aromatic N) is 1. The van der Waals surface area contributed by atoms with Gasteiger partial charge in [0.1, 0.15) is 0 Å². The number of hydrogen-bond acceptors (Lipinski definition) is 4. The molecule has 0 aromatic heterocycles. The first-order valence-electron chi connectivity index (χ1n) is 6.63. The van der Waals surface area contributed by atoms with Gasteiger partial charge in [-0.25, -0.2) is 13.6 Å². The third-order valence-corrected chi connectivity index (χ3v) is 3.17. The van der Waals surface area contributed by atoms with E-state index in [1.54, 1.807) is 6.92 Å². The van der Waals surface area contributed by atoms with Crippen LogP contribution in [0.2, 0.25) is 0 Å². The van der Waals surface area contributed by atoms with Crippen LogP contribution in [-0.2, 0) is 9.53 Å². The van der Waals surface area contributed by atoms with Crippen molar-refractivity contribution in [2.45, 2.75) is 32.2 Å². The number of carbonyl (C=O) groups excluding carboxylic acids is 2. The number of nitrogens with two attached hydrogens (primary N) is 1. The van der Waals surface area contributed by atoms with E-state index >= 15 is 0 Å². The lowest BCUT2D eigenvalue weighted by atomic mass is 9.91. The van der Waals surface area contributed by atoms with Gasteiger partial charge in [0.05, 0.1) is 19.6 Å². The lowest BCUT2D eigenvalue weighted by molar-refractivity contribution is -0.144. The van der Waals surface area contributed by atoms with Gasteiger partial charge in [0.15, 0.2) is 0 Å². The molecule has 1 heterocycles. The number of carbonyl (C=O) groups is 2. The van der Waals surface area contributed by atoms with Crippen molar-refractivity contribution >= 4 is 12.0 Å². The number of urea groups is 1. The van der Waals surface area contributed by atoms with E-state index in [1.807, 2.05) is 0 Å². The van der Waals surface area contributed by atoms with Gasteiger partial charge < -0.3 is 20.7 Å². The fourth-order valence-electron chi connectivity index (χ4n) is 2.39. The van der Waals surface area contributed by atoms with E-state index in [2.05, 4.69) is 5.32 Å². The van der Waals surface area contributed by atoms with Crippen LogP contribution in [0.5, 0.6) is 0 Å². The lowest BCUT2D eigenvalue weighted by Crippen LogP contribution is -2.53. The quantitative estimate of drug-likeness (QED) is 0.701. The van der Waals surface area contributed by atoms with Crippen LogP contribution < -0.4 is 11.1 Å². The van der Waals surface area contributed by atoms with Crippen LogP contribution in [0, 0.1) is 5.92 Å². The molecule has 0 saturated carbocycles. The molecular formula is C12H21F2N3O3. The van der Waals surface area contributed by atoms with Crippen molar-refractivity contribution in [3.05, 3.63) is 0 Å². The second-order valence-electron chi connectivity index (χ2n) is 4.85. The molecule has 20 heavy (non-hydrogen) atoms. The topological polar surface area (TPSA) is 84.7 Å². The van der Waals surface area contributed by atoms with Crippen molar-refractivity contribution in [1.82, 2.24) is 10.2 Å². The Morgan fingerprint density at radius 3 is 2.70 bits per heavy atom.